The molecule has 0 saturated heterocycles. The topological polar surface area (TPSA) is 617 Å². The zero-order chi connectivity index (χ0) is 58.3. The smallest absolute Gasteiger partial charge is 0.382 e. The van der Waals surface area contributed by atoms with E-state index < -0.39 is 182 Å². The van der Waals surface area contributed by atoms with E-state index in [4.69, 9.17) is 56.2 Å². The molecule has 76 heavy (non-hydrogen) atoms. The number of phosphoric ester groups is 8. The predicted octanol–water partition coefficient (Wildman–Crippen LogP) is -3.89. The van der Waals surface area contributed by atoms with E-state index >= 15 is 0 Å². The third-order valence-electron chi connectivity index (χ3n) is 9.20. The molecule has 2 aliphatic rings. The predicted molar refractivity (Wildman–Crippen MR) is 235 cm³/mol. The third kappa shape index (κ3) is 29.7. The molecule has 0 amide bonds. The molecule has 0 aromatic heterocycles. The normalized spacial score (nSPS) is 28.2. The summed E-state index contributed by atoms with van der Waals surface area (Å²) in [5, 5.41) is 0. The van der Waals surface area contributed by atoms with Crippen LogP contribution in [0.4, 0.5) is 0 Å². The fourth-order valence-corrected chi connectivity index (χ4v) is 11.5. The van der Waals surface area contributed by atoms with Crippen molar-refractivity contribution in [1.29, 1.82) is 0 Å². The minimum absolute atomic E-state index is 0.0458. The first-order valence-electron chi connectivity index (χ1n) is 20.7. The minimum atomic E-state index is -6.13. The average molecular weight is 1290 g/mol. The number of hydrogen-bond acceptors (Lipinski definition) is 25. The lowest BCUT2D eigenvalue weighted by Crippen LogP contribution is -2.67. The van der Waals surface area contributed by atoms with Crippen molar-refractivity contribution in [1.82, 2.24) is 0 Å². The first kappa shape index (κ1) is 72.6. The largest absolute Gasteiger partial charge is 0.470 e. The standard InChI is InChI=1S/C27H60O41P8/c1-15(14-53-3)56-12-13-60-18-21(62-70(31,32)33)16(57-9-6-54-5-4-52-2)20(61-69(28,29)30)17(22(18)63-71(34,35)36)58-10-7-55-8-11-59-19-23(64-72(37,38)39)25(66-74(43,44)45)27(68-76(49,50)51)26(67-75(46,47)48)24(19)65-73(40,41)42/h15-27H,4-14H2,1-3H3,(H2,28,29,30)(H2,31,32,33)(H2,34,35,36)(H2,37,38,39)(H2,40,41,42)(H2,43,44,45)(H2,46,47,48)(H2,49,50,51)/t15?,16-,17-,18-,19?,20-,21+,22-,23-,24+,25+,26-,27?/m0/s1. The molecule has 41 nitrogen and oxygen atoms in total. The zero-order valence-corrected chi connectivity index (χ0v) is 46.4. The summed E-state index contributed by atoms with van der Waals surface area (Å²) < 4.78 is 183. The highest BCUT2D eigenvalue weighted by Gasteiger charge is 2.62. The Morgan fingerprint density at radius 2 is 0.487 bits per heavy atom. The Labute approximate surface area is 428 Å². The second-order valence-corrected chi connectivity index (χ2v) is 24.7. The Bertz CT molecular complexity index is 2060. The van der Waals surface area contributed by atoms with Gasteiger partial charge < -0.3 is 121 Å². The SMILES string of the molecule is COCCOCCO[C@H]1[C@H](OP(=O)(O)O)[C@H](OCCOCCOC2[C@@H](OP(=O)(O)O)[C@H](OP(=O)(O)O)C(OP(=O)(O)O)[C@H](OP(=O)(O)O)[C@H]2OP(=O)(O)O)[C@H](OP(=O)(O)O)[C@@H](OCCOC(C)COC)[C@@H]1OP(=O)(O)O. The van der Waals surface area contributed by atoms with Crippen molar-refractivity contribution in [2.45, 2.75) is 86.3 Å². The number of hydrogen-bond donors (Lipinski definition) is 16. The van der Waals surface area contributed by atoms with Gasteiger partial charge in [-0.3, -0.25) is 36.2 Å². The minimum Gasteiger partial charge on any atom is -0.382 e. The van der Waals surface area contributed by atoms with E-state index in [9.17, 15) is 115 Å². The molecule has 0 bridgehead atoms. The Kier molecular flexibility index (Phi) is 30.0. The number of methoxy groups -OCH3 is 2. The maximum Gasteiger partial charge on any atom is 0.470 e. The van der Waals surface area contributed by atoms with Gasteiger partial charge in [0.05, 0.1) is 78.8 Å². The van der Waals surface area contributed by atoms with E-state index in [-0.39, 0.29) is 33.0 Å². The van der Waals surface area contributed by atoms with Crippen LogP contribution in [0, 0.1) is 0 Å². The number of phosphoric acid groups is 8. The van der Waals surface area contributed by atoms with E-state index in [1.165, 1.54) is 14.2 Å². The summed E-state index contributed by atoms with van der Waals surface area (Å²) >= 11 is 0. The molecule has 2 aliphatic carbocycles. The average Bonchev–Trinajstić information content (AvgIpc) is 3.20. The summed E-state index contributed by atoms with van der Waals surface area (Å²) in [5.41, 5.74) is 0. The van der Waals surface area contributed by atoms with Crippen LogP contribution in [-0.2, 0) is 115 Å². The Balaban J connectivity index is 2.64. The molecule has 0 aromatic carbocycles. The molecule has 2 fully saturated rings. The van der Waals surface area contributed by atoms with Gasteiger partial charge in [0.1, 0.15) is 73.2 Å². The molecular formula is C27H60O41P8. The van der Waals surface area contributed by atoms with E-state index in [2.05, 4.69) is 22.6 Å². The molecule has 0 spiro atoms. The van der Waals surface area contributed by atoms with Crippen LogP contribution in [0.3, 0.4) is 0 Å². The summed E-state index contributed by atoms with van der Waals surface area (Å²) in [6, 6.07) is 0. The van der Waals surface area contributed by atoms with Crippen LogP contribution < -0.4 is 0 Å². The molecular weight excluding hydrogens is 1230 g/mol. The van der Waals surface area contributed by atoms with Gasteiger partial charge in [0, 0.05) is 14.2 Å². The Hall–Kier alpha value is 0.520. The molecule has 0 heterocycles. The summed E-state index contributed by atoms with van der Waals surface area (Å²) in [7, 11) is -45.3. The van der Waals surface area contributed by atoms with Crippen LogP contribution in [0.5, 0.6) is 0 Å². The molecule has 3 unspecified atom stereocenters. The summed E-state index contributed by atoms with van der Waals surface area (Å²) in [5.74, 6) is 0. The van der Waals surface area contributed by atoms with Crippen LogP contribution in [-0.4, -0.2) is 245 Å². The molecule has 0 radical (unpaired) electrons. The monoisotopic (exact) mass is 1290 g/mol. The first-order chi connectivity index (χ1) is 34.5. The molecule has 0 aromatic rings. The maximum atomic E-state index is 12.5. The second kappa shape index (κ2) is 31.4. The van der Waals surface area contributed by atoms with Gasteiger partial charge in [0.15, 0.2) is 0 Å². The van der Waals surface area contributed by atoms with Gasteiger partial charge >= 0.3 is 62.6 Å². The summed E-state index contributed by atoms with van der Waals surface area (Å²) in [4.78, 5) is 157. The van der Waals surface area contributed by atoms with Crippen LogP contribution in [0.2, 0.25) is 0 Å². The van der Waals surface area contributed by atoms with Crippen LogP contribution in [0.25, 0.3) is 0 Å². The van der Waals surface area contributed by atoms with Crippen molar-refractivity contribution in [3.05, 3.63) is 0 Å². The second-order valence-electron chi connectivity index (χ2n) is 15.2. The third-order valence-corrected chi connectivity index (χ3v) is 13.3. The highest BCUT2D eigenvalue weighted by Crippen LogP contribution is 2.56. The highest BCUT2D eigenvalue weighted by atomic mass is 31.2. The molecule has 49 heteroatoms. The van der Waals surface area contributed by atoms with Crippen LogP contribution >= 0.6 is 62.6 Å². The number of ether oxygens (including phenoxy) is 9. The van der Waals surface area contributed by atoms with E-state index in [1.54, 1.807) is 6.92 Å². The van der Waals surface area contributed by atoms with Gasteiger partial charge in [-0.2, -0.15) is 0 Å². The van der Waals surface area contributed by atoms with Crippen molar-refractivity contribution in [3.63, 3.8) is 0 Å². The van der Waals surface area contributed by atoms with Gasteiger partial charge in [-0.1, -0.05) is 0 Å². The Morgan fingerprint density at radius 1 is 0.289 bits per heavy atom. The molecule has 2 rings (SSSR count). The fourth-order valence-electron chi connectivity index (χ4n) is 7.02. The van der Waals surface area contributed by atoms with Crippen molar-refractivity contribution < 1.29 is 194 Å². The van der Waals surface area contributed by atoms with Crippen molar-refractivity contribution in [3.8, 4) is 0 Å². The van der Waals surface area contributed by atoms with Crippen molar-refractivity contribution >= 4 is 62.6 Å². The molecule has 2 saturated carbocycles. The molecule has 0 aliphatic heterocycles. The molecule has 16 N–H and O–H groups in total. The summed E-state index contributed by atoms with van der Waals surface area (Å²) in [6.07, 6.45) is -32.5. The molecule has 454 valence electrons. The fraction of sp³-hybridized carbons (Fsp3) is 1.00. The lowest BCUT2D eigenvalue weighted by atomic mass is 9.84. The zero-order valence-electron chi connectivity index (χ0n) is 39.2. The van der Waals surface area contributed by atoms with E-state index in [0.29, 0.717) is 0 Å². The van der Waals surface area contributed by atoms with Crippen molar-refractivity contribution in [2.75, 3.05) is 86.9 Å². The quantitative estimate of drug-likeness (QED) is 0.0208. The van der Waals surface area contributed by atoms with Gasteiger partial charge in [0.2, 0.25) is 0 Å². The Morgan fingerprint density at radius 3 is 0.697 bits per heavy atom. The molecule has 13 atom stereocenters. The maximum absolute atomic E-state index is 12.5. The number of rotatable bonds is 38. The lowest BCUT2D eigenvalue weighted by molar-refractivity contribution is -0.250. The highest BCUT2D eigenvalue weighted by molar-refractivity contribution is 7.48. The first-order valence-corrected chi connectivity index (χ1v) is 32.9. The van der Waals surface area contributed by atoms with Crippen LogP contribution in [0.1, 0.15) is 6.92 Å². The lowest BCUT2D eigenvalue weighted by Gasteiger charge is -2.49. The van der Waals surface area contributed by atoms with Gasteiger partial charge in [0.25, 0.3) is 0 Å². The van der Waals surface area contributed by atoms with Gasteiger partial charge in [-0.15, -0.1) is 0 Å². The van der Waals surface area contributed by atoms with Crippen LogP contribution in [0.15, 0.2) is 0 Å². The van der Waals surface area contributed by atoms with Gasteiger partial charge in [-0.25, -0.2) is 36.5 Å². The van der Waals surface area contributed by atoms with E-state index in [0.717, 1.165) is 0 Å². The van der Waals surface area contributed by atoms with E-state index in [1.807, 2.05) is 0 Å². The summed E-state index contributed by atoms with van der Waals surface area (Å²) in [6.45, 7) is -4.12. The van der Waals surface area contributed by atoms with Gasteiger partial charge in [-0.05, 0) is 6.92 Å². The van der Waals surface area contributed by atoms with Crippen molar-refractivity contribution in [2.24, 2.45) is 0 Å².